The van der Waals surface area contributed by atoms with E-state index in [1.807, 2.05) is 11.4 Å². The van der Waals surface area contributed by atoms with E-state index in [2.05, 4.69) is 31.0 Å². The van der Waals surface area contributed by atoms with Crippen LogP contribution in [0.15, 0.2) is 45.4 Å². The fraction of sp³-hybridized carbons (Fsp3) is 0.263. The Labute approximate surface area is 168 Å². The third-order valence-corrected chi connectivity index (χ3v) is 6.33. The van der Waals surface area contributed by atoms with Crippen LogP contribution in [0.25, 0.3) is 22.1 Å². The van der Waals surface area contributed by atoms with Crippen molar-refractivity contribution < 1.29 is 8.91 Å². The third-order valence-electron chi connectivity index (χ3n) is 4.54. The Balaban J connectivity index is 1.35. The average Bonchev–Trinajstić information content (AvgIpc) is 3.12. The first kappa shape index (κ1) is 17.6. The summed E-state index contributed by atoms with van der Waals surface area (Å²) in [5, 5.41) is 15.7. The molecule has 0 atom stereocenters. The molecule has 9 heteroatoms. The molecule has 1 fully saturated rings. The molecule has 1 aromatic carbocycles. The monoisotopic (exact) mass is 413 g/mol. The molecule has 0 unspecified atom stereocenters. The minimum atomic E-state index is -0.281. The van der Waals surface area contributed by atoms with E-state index in [1.165, 1.54) is 17.8 Å². The van der Waals surface area contributed by atoms with Crippen LogP contribution < -0.4 is 0 Å². The molecule has 1 aliphatic rings. The summed E-state index contributed by atoms with van der Waals surface area (Å²) in [5.74, 6) is 1.98. The molecule has 0 saturated heterocycles. The third kappa shape index (κ3) is 3.35. The summed E-state index contributed by atoms with van der Waals surface area (Å²) in [4.78, 5) is 5.51. The highest BCUT2D eigenvalue weighted by Gasteiger charge is 2.30. The zero-order valence-corrected chi connectivity index (χ0v) is 16.6. The maximum absolute atomic E-state index is 13.8. The molecule has 3 heterocycles. The lowest BCUT2D eigenvalue weighted by atomic mass is 10.1. The van der Waals surface area contributed by atoms with E-state index in [4.69, 9.17) is 4.52 Å². The van der Waals surface area contributed by atoms with Crippen molar-refractivity contribution in [1.82, 2.24) is 24.9 Å². The Morgan fingerprint density at radius 2 is 2.18 bits per heavy atom. The van der Waals surface area contributed by atoms with Gasteiger partial charge in [-0.1, -0.05) is 35.1 Å². The average molecular weight is 414 g/mol. The second-order valence-electron chi connectivity index (χ2n) is 6.65. The van der Waals surface area contributed by atoms with Crippen molar-refractivity contribution in [3.63, 3.8) is 0 Å². The van der Waals surface area contributed by atoms with Gasteiger partial charge in [-0.3, -0.25) is 4.57 Å². The van der Waals surface area contributed by atoms with Gasteiger partial charge >= 0.3 is 0 Å². The molecule has 6 nitrogen and oxygen atoms in total. The van der Waals surface area contributed by atoms with E-state index < -0.39 is 0 Å². The summed E-state index contributed by atoms with van der Waals surface area (Å²) >= 11 is 3.19. The highest BCUT2D eigenvalue weighted by atomic mass is 32.2. The molecule has 0 aliphatic heterocycles. The van der Waals surface area contributed by atoms with Crippen LogP contribution in [0, 0.1) is 12.7 Å². The highest BCUT2D eigenvalue weighted by Crippen LogP contribution is 2.42. The van der Waals surface area contributed by atoms with Crippen LogP contribution in [-0.4, -0.2) is 24.9 Å². The van der Waals surface area contributed by atoms with Gasteiger partial charge in [0.1, 0.15) is 5.82 Å². The molecule has 1 aliphatic carbocycles. The van der Waals surface area contributed by atoms with Gasteiger partial charge in [0, 0.05) is 11.6 Å². The first-order valence-corrected chi connectivity index (χ1v) is 10.8. The second kappa shape index (κ2) is 7.14. The van der Waals surface area contributed by atoms with Crippen LogP contribution in [0.3, 0.4) is 0 Å². The molecule has 0 radical (unpaired) electrons. The summed E-state index contributed by atoms with van der Waals surface area (Å²) in [6.45, 7) is 1.72. The standard InChI is InChI=1S/C19H16FN5OS2/c1-11-4-5-12(9-14(11)20)17-21-16(26-24-17)10-28-19-23-22-18(15-3-2-8-27-15)25(19)13-6-7-13/h2-5,8-9,13H,6-7,10H2,1H3. The van der Waals surface area contributed by atoms with Crippen LogP contribution in [0.1, 0.15) is 30.3 Å². The predicted octanol–water partition coefficient (Wildman–Crippen LogP) is 5.13. The number of nitrogens with zero attached hydrogens (tertiary/aromatic N) is 5. The molecule has 0 bridgehead atoms. The smallest absolute Gasteiger partial charge is 0.237 e. The number of benzene rings is 1. The first-order chi connectivity index (χ1) is 13.7. The number of halogens is 1. The van der Waals surface area contributed by atoms with Gasteiger partial charge in [-0.2, -0.15) is 4.98 Å². The van der Waals surface area contributed by atoms with Crippen LogP contribution in [0.5, 0.6) is 0 Å². The van der Waals surface area contributed by atoms with Crippen LogP contribution in [0.4, 0.5) is 4.39 Å². The highest BCUT2D eigenvalue weighted by molar-refractivity contribution is 7.98. The largest absolute Gasteiger partial charge is 0.338 e. The number of hydrogen-bond donors (Lipinski definition) is 0. The van der Waals surface area contributed by atoms with Gasteiger partial charge in [-0.05, 0) is 42.8 Å². The van der Waals surface area contributed by atoms with Gasteiger partial charge in [0.2, 0.25) is 11.7 Å². The predicted molar refractivity (Wildman–Crippen MR) is 106 cm³/mol. The first-order valence-electron chi connectivity index (χ1n) is 8.90. The topological polar surface area (TPSA) is 69.6 Å². The molecule has 142 valence electrons. The Hall–Kier alpha value is -2.52. The lowest BCUT2D eigenvalue weighted by Crippen LogP contribution is -1.99. The van der Waals surface area contributed by atoms with Crippen molar-refractivity contribution in [2.24, 2.45) is 0 Å². The Morgan fingerprint density at radius 3 is 2.93 bits per heavy atom. The normalized spacial score (nSPS) is 13.9. The van der Waals surface area contributed by atoms with Crippen LogP contribution >= 0.6 is 23.1 Å². The summed E-state index contributed by atoms with van der Waals surface area (Å²) in [5.41, 5.74) is 1.19. The second-order valence-corrected chi connectivity index (χ2v) is 8.54. The van der Waals surface area contributed by atoms with Crippen LogP contribution in [0.2, 0.25) is 0 Å². The van der Waals surface area contributed by atoms with Crippen molar-refractivity contribution >= 4 is 23.1 Å². The quantitative estimate of drug-likeness (QED) is 0.408. The maximum Gasteiger partial charge on any atom is 0.237 e. The molecule has 3 aromatic heterocycles. The molecule has 5 rings (SSSR count). The zero-order valence-electron chi connectivity index (χ0n) is 15.0. The molecule has 0 N–H and O–H groups in total. The lowest BCUT2D eigenvalue weighted by molar-refractivity contribution is 0.391. The van der Waals surface area contributed by atoms with E-state index in [0.717, 1.165) is 28.7 Å². The van der Waals surface area contributed by atoms with E-state index in [-0.39, 0.29) is 5.82 Å². The molecular formula is C19H16FN5OS2. The van der Waals surface area contributed by atoms with Gasteiger partial charge in [0.05, 0.1) is 10.6 Å². The maximum atomic E-state index is 13.8. The van der Waals surface area contributed by atoms with Crippen molar-refractivity contribution in [3.8, 4) is 22.1 Å². The SMILES string of the molecule is Cc1ccc(-c2noc(CSc3nnc(-c4cccs4)n3C3CC3)n2)cc1F. The van der Waals surface area contributed by atoms with Crippen molar-refractivity contribution in [1.29, 1.82) is 0 Å². The summed E-state index contributed by atoms with van der Waals surface area (Å²) in [6, 6.07) is 9.47. The number of thioether (sulfide) groups is 1. The van der Waals surface area contributed by atoms with Gasteiger partial charge in [-0.15, -0.1) is 21.5 Å². The number of aryl methyl sites for hydroxylation is 1. The summed E-state index contributed by atoms with van der Waals surface area (Å²) < 4.78 is 21.3. The molecule has 28 heavy (non-hydrogen) atoms. The summed E-state index contributed by atoms with van der Waals surface area (Å²) in [7, 11) is 0. The molecular weight excluding hydrogens is 397 g/mol. The minimum absolute atomic E-state index is 0.281. The number of rotatable bonds is 6. The van der Waals surface area contributed by atoms with E-state index >= 15 is 0 Å². The number of aromatic nitrogens is 5. The van der Waals surface area contributed by atoms with Crippen molar-refractivity contribution in [3.05, 3.63) is 53.0 Å². The van der Waals surface area contributed by atoms with Crippen molar-refractivity contribution in [2.45, 2.75) is 36.7 Å². The van der Waals surface area contributed by atoms with Gasteiger partial charge in [0.25, 0.3) is 0 Å². The number of thiophene rings is 1. The van der Waals surface area contributed by atoms with E-state index in [1.54, 1.807) is 30.4 Å². The molecule has 1 saturated carbocycles. The number of hydrogen-bond acceptors (Lipinski definition) is 7. The lowest BCUT2D eigenvalue weighted by Gasteiger charge is -2.06. The van der Waals surface area contributed by atoms with Gasteiger partial charge < -0.3 is 4.52 Å². The van der Waals surface area contributed by atoms with Gasteiger partial charge in [0.15, 0.2) is 11.0 Å². The minimum Gasteiger partial charge on any atom is -0.338 e. The van der Waals surface area contributed by atoms with Gasteiger partial charge in [-0.25, -0.2) is 4.39 Å². The fourth-order valence-electron chi connectivity index (χ4n) is 2.90. The Morgan fingerprint density at radius 1 is 1.29 bits per heavy atom. The zero-order chi connectivity index (χ0) is 19.1. The Kier molecular flexibility index (Phi) is 4.48. The fourth-order valence-corrected chi connectivity index (χ4v) is 4.45. The van der Waals surface area contributed by atoms with Crippen LogP contribution in [-0.2, 0) is 5.75 Å². The molecule has 0 amide bonds. The van der Waals surface area contributed by atoms with Crippen molar-refractivity contribution in [2.75, 3.05) is 0 Å². The summed E-state index contributed by atoms with van der Waals surface area (Å²) in [6.07, 6.45) is 2.29. The molecule has 4 aromatic rings. The van der Waals surface area contributed by atoms with E-state index in [9.17, 15) is 4.39 Å². The molecule has 0 spiro atoms. The Bertz CT molecular complexity index is 1120. The van der Waals surface area contributed by atoms with E-state index in [0.29, 0.717) is 34.6 Å².